The van der Waals surface area contributed by atoms with Crippen molar-refractivity contribution in [1.29, 1.82) is 0 Å². The summed E-state index contributed by atoms with van der Waals surface area (Å²) in [4.78, 5) is 4.59. The zero-order valence-corrected chi connectivity index (χ0v) is 13.9. The highest BCUT2D eigenvalue weighted by Gasteiger charge is 2.32. The molecule has 0 spiro atoms. The number of fused-ring (bicyclic) bond motifs is 2. The lowest BCUT2D eigenvalue weighted by molar-refractivity contribution is 0.475. The maximum Gasteiger partial charge on any atom is 0.116 e. The third kappa shape index (κ3) is 2.78. The summed E-state index contributed by atoms with van der Waals surface area (Å²) in [7, 11) is 0. The molecule has 2 unspecified atom stereocenters. The molecule has 2 aliphatic rings. The third-order valence-corrected chi connectivity index (χ3v) is 5.21. The van der Waals surface area contributed by atoms with E-state index in [-0.39, 0.29) is 17.6 Å². The number of pyridine rings is 1. The quantitative estimate of drug-likeness (QED) is 0.777. The van der Waals surface area contributed by atoms with Crippen LogP contribution >= 0.6 is 11.6 Å². The van der Waals surface area contributed by atoms with E-state index in [0.29, 0.717) is 0 Å². The van der Waals surface area contributed by atoms with E-state index in [4.69, 9.17) is 11.6 Å². The SMILES string of the molecule is Oc1cccc(/C=C2/c3cccnc3CCC3C(Cl)=CC=CC23)c1. The molecule has 0 saturated carbocycles. The fourth-order valence-corrected chi connectivity index (χ4v) is 3.99. The number of phenols is 1. The summed E-state index contributed by atoms with van der Waals surface area (Å²) < 4.78 is 0. The van der Waals surface area contributed by atoms with E-state index < -0.39 is 0 Å². The van der Waals surface area contributed by atoms with Crippen LogP contribution in [0.3, 0.4) is 0 Å². The van der Waals surface area contributed by atoms with Gasteiger partial charge in [0, 0.05) is 28.8 Å². The molecule has 1 heterocycles. The Morgan fingerprint density at radius 2 is 2.12 bits per heavy atom. The second-order valence-electron chi connectivity index (χ2n) is 6.30. The number of aromatic hydroxyl groups is 1. The van der Waals surface area contributed by atoms with Gasteiger partial charge in [0.25, 0.3) is 0 Å². The smallest absolute Gasteiger partial charge is 0.116 e. The van der Waals surface area contributed by atoms with Crippen LogP contribution in [0.25, 0.3) is 11.6 Å². The fourth-order valence-electron chi connectivity index (χ4n) is 3.67. The summed E-state index contributed by atoms with van der Waals surface area (Å²) >= 11 is 6.52. The molecule has 2 nitrogen and oxygen atoms in total. The molecule has 0 saturated heterocycles. The number of aryl methyl sites for hydroxylation is 1. The van der Waals surface area contributed by atoms with Gasteiger partial charge in [0.15, 0.2) is 0 Å². The van der Waals surface area contributed by atoms with E-state index in [0.717, 1.165) is 29.1 Å². The van der Waals surface area contributed by atoms with Crippen LogP contribution in [-0.4, -0.2) is 10.1 Å². The molecular formula is C21H18ClNO. The minimum Gasteiger partial charge on any atom is -0.508 e. The Balaban J connectivity index is 1.89. The first-order valence-electron chi connectivity index (χ1n) is 8.21. The van der Waals surface area contributed by atoms with Crippen LogP contribution in [0.5, 0.6) is 5.75 Å². The van der Waals surface area contributed by atoms with Crippen molar-refractivity contribution < 1.29 is 5.11 Å². The summed E-state index contributed by atoms with van der Waals surface area (Å²) in [6.45, 7) is 0. The standard InChI is InChI=1S/C21H18ClNO/c22-20-8-2-6-16-17(20)9-10-21-18(7-3-11-23-21)19(16)13-14-4-1-5-15(24)12-14/h1-8,11-13,16-17,24H,9-10H2/b19-13+. The monoisotopic (exact) mass is 335 g/mol. The van der Waals surface area contributed by atoms with Gasteiger partial charge in [0.2, 0.25) is 0 Å². The van der Waals surface area contributed by atoms with Crippen LogP contribution in [-0.2, 0) is 6.42 Å². The van der Waals surface area contributed by atoms with Gasteiger partial charge in [0.05, 0.1) is 0 Å². The van der Waals surface area contributed by atoms with Gasteiger partial charge >= 0.3 is 0 Å². The van der Waals surface area contributed by atoms with Crippen LogP contribution in [0.4, 0.5) is 0 Å². The van der Waals surface area contributed by atoms with Crippen LogP contribution in [0, 0.1) is 11.8 Å². The topological polar surface area (TPSA) is 33.1 Å². The maximum atomic E-state index is 9.78. The Morgan fingerprint density at radius 3 is 3.00 bits per heavy atom. The molecular weight excluding hydrogens is 318 g/mol. The molecule has 0 radical (unpaired) electrons. The van der Waals surface area contributed by atoms with E-state index in [9.17, 15) is 5.11 Å². The average molecular weight is 336 g/mol. The highest BCUT2D eigenvalue weighted by atomic mass is 35.5. The van der Waals surface area contributed by atoms with Gasteiger partial charge in [-0.3, -0.25) is 4.98 Å². The highest BCUT2D eigenvalue weighted by Crippen LogP contribution is 2.44. The van der Waals surface area contributed by atoms with Crippen molar-refractivity contribution in [1.82, 2.24) is 4.98 Å². The fraction of sp³-hybridized carbons (Fsp3) is 0.190. The normalized spacial score (nSPS) is 24.0. The van der Waals surface area contributed by atoms with Crippen LogP contribution in [0.15, 0.2) is 65.9 Å². The van der Waals surface area contributed by atoms with Crippen molar-refractivity contribution >= 4 is 23.3 Å². The lowest BCUT2D eigenvalue weighted by Gasteiger charge is -2.27. The van der Waals surface area contributed by atoms with Crippen molar-refractivity contribution in [3.05, 3.63) is 82.7 Å². The number of aromatic nitrogens is 1. The second kappa shape index (κ2) is 6.29. The summed E-state index contributed by atoms with van der Waals surface area (Å²) in [6, 6.07) is 11.5. The molecule has 2 atom stereocenters. The van der Waals surface area contributed by atoms with Crippen molar-refractivity contribution in [2.75, 3.05) is 0 Å². The number of nitrogens with zero attached hydrogens (tertiary/aromatic N) is 1. The lowest BCUT2D eigenvalue weighted by Crippen LogP contribution is -2.15. The number of hydrogen-bond acceptors (Lipinski definition) is 2. The van der Waals surface area contributed by atoms with E-state index in [2.05, 4.69) is 23.2 Å². The van der Waals surface area contributed by atoms with Gasteiger partial charge < -0.3 is 5.11 Å². The molecule has 0 bridgehead atoms. The van der Waals surface area contributed by atoms with Gasteiger partial charge in [-0.05, 0) is 53.8 Å². The molecule has 1 aromatic carbocycles. The Morgan fingerprint density at radius 1 is 1.21 bits per heavy atom. The zero-order valence-electron chi connectivity index (χ0n) is 13.2. The predicted molar refractivity (Wildman–Crippen MR) is 98.6 cm³/mol. The maximum absolute atomic E-state index is 9.78. The predicted octanol–water partition coefficient (Wildman–Crippen LogP) is 5.20. The summed E-state index contributed by atoms with van der Waals surface area (Å²) in [5.74, 6) is 0.794. The van der Waals surface area contributed by atoms with Crippen molar-refractivity contribution in [3.63, 3.8) is 0 Å². The van der Waals surface area contributed by atoms with Gasteiger partial charge in [0.1, 0.15) is 5.75 Å². The van der Waals surface area contributed by atoms with Gasteiger partial charge in [-0.15, -0.1) is 0 Å². The molecule has 3 heteroatoms. The number of hydrogen-bond donors (Lipinski definition) is 1. The number of halogens is 1. The first-order chi connectivity index (χ1) is 11.7. The Bertz CT molecular complexity index is 866. The van der Waals surface area contributed by atoms with E-state index in [1.165, 1.54) is 11.1 Å². The van der Waals surface area contributed by atoms with Crippen molar-refractivity contribution in [3.8, 4) is 5.75 Å². The van der Waals surface area contributed by atoms with Crippen LogP contribution in [0.2, 0.25) is 0 Å². The van der Waals surface area contributed by atoms with E-state index >= 15 is 0 Å². The average Bonchev–Trinajstić information content (AvgIpc) is 2.74. The number of allylic oxidation sites excluding steroid dienone is 5. The minimum absolute atomic E-state index is 0.232. The van der Waals surface area contributed by atoms with Gasteiger partial charge in [-0.2, -0.15) is 0 Å². The molecule has 0 aliphatic heterocycles. The molecule has 0 amide bonds. The molecule has 2 aliphatic carbocycles. The minimum atomic E-state index is 0.232. The number of rotatable bonds is 1. The summed E-state index contributed by atoms with van der Waals surface area (Å²) in [5.41, 5.74) is 4.51. The third-order valence-electron chi connectivity index (χ3n) is 4.81. The first kappa shape index (κ1) is 15.2. The molecule has 1 aromatic heterocycles. The zero-order chi connectivity index (χ0) is 16.5. The van der Waals surface area contributed by atoms with Gasteiger partial charge in [-0.1, -0.05) is 48.0 Å². The molecule has 0 fully saturated rings. The summed E-state index contributed by atoms with van der Waals surface area (Å²) in [5, 5.41) is 10.7. The second-order valence-corrected chi connectivity index (χ2v) is 6.74. The molecule has 120 valence electrons. The molecule has 2 aromatic rings. The summed E-state index contributed by atoms with van der Waals surface area (Å²) in [6.07, 6.45) is 12.2. The van der Waals surface area contributed by atoms with Crippen LogP contribution in [0.1, 0.15) is 23.2 Å². The molecule has 24 heavy (non-hydrogen) atoms. The Hall–Kier alpha value is -2.32. The Labute approximate surface area is 146 Å². The van der Waals surface area contributed by atoms with E-state index in [1.807, 2.05) is 36.5 Å². The van der Waals surface area contributed by atoms with E-state index in [1.54, 1.807) is 12.1 Å². The van der Waals surface area contributed by atoms with Crippen molar-refractivity contribution in [2.45, 2.75) is 12.8 Å². The first-order valence-corrected chi connectivity index (χ1v) is 8.59. The van der Waals surface area contributed by atoms with Gasteiger partial charge in [-0.25, -0.2) is 0 Å². The van der Waals surface area contributed by atoms with Crippen molar-refractivity contribution in [2.24, 2.45) is 11.8 Å². The van der Waals surface area contributed by atoms with Crippen LogP contribution < -0.4 is 0 Å². The lowest BCUT2D eigenvalue weighted by atomic mass is 9.79. The number of benzene rings is 1. The molecule has 4 rings (SSSR count). The largest absolute Gasteiger partial charge is 0.508 e. The Kier molecular flexibility index (Phi) is 3.99. The highest BCUT2D eigenvalue weighted by molar-refractivity contribution is 6.30. The number of phenolic OH excluding ortho intramolecular Hbond substituents is 1. The molecule has 1 N–H and O–H groups in total.